The summed E-state index contributed by atoms with van der Waals surface area (Å²) < 4.78 is 12.4. The lowest BCUT2D eigenvalue weighted by Gasteiger charge is -2.33. The summed E-state index contributed by atoms with van der Waals surface area (Å²) in [6, 6.07) is 23.7. The van der Waals surface area contributed by atoms with Crippen LogP contribution in [0.4, 0.5) is 0 Å². The fourth-order valence-electron chi connectivity index (χ4n) is 6.06. The van der Waals surface area contributed by atoms with Crippen molar-refractivity contribution >= 4 is 29.1 Å². The molecule has 3 N–H and O–H groups in total. The molecule has 0 aromatic heterocycles. The van der Waals surface area contributed by atoms with E-state index in [1.54, 1.807) is 0 Å². The van der Waals surface area contributed by atoms with Crippen molar-refractivity contribution in [3.8, 4) is 5.75 Å². The summed E-state index contributed by atoms with van der Waals surface area (Å²) in [4.78, 5) is 12.9. The monoisotopic (exact) mass is 692 g/mol. The minimum atomic E-state index is -1.50. The average Bonchev–Trinajstić information content (AvgIpc) is 3.65. The third kappa shape index (κ3) is 10.2. The van der Waals surface area contributed by atoms with Gasteiger partial charge in [0.05, 0.1) is 20.6 Å². The Morgan fingerprint density at radius 3 is 2.25 bits per heavy atom. The van der Waals surface area contributed by atoms with E-state index in [4.69, 9.17) is 9.47 Å². The number of hydrogen-bond acceptors (Lipinski definition) is 6. The van der Waals surface area contributed by atoms with Gasteiger partial charge in [-0.25, -0.2) is 4.79 Å². The van der Waals surface area contributed by atoms with Gasteiger partial charge in [0.2, 0.25) is 0 Å². The van der Waals surface area contributed by atoms with Crippen molar-refractivity contribution in [2.75, 3.05) is 40.3 Å². The van der Waals surface area contributed by atoms with Gasteiger partial charge in [-0.05, 0) is 29.9 Å². The number of quaternary nitrogens is 1. The normalized spacial score (nSPS) is 19.6. The summed E-state index contributed by atoms with van der Waals surface area (Å²) in [7, 11) is 4.29. The molecule has 0 spiro atoms. The molecule has 3 aromatic rings. The van der Waals surface area contributed by atoms with E-state index in [0.29, 0.717) is 24.8 Å². The molecule has 0 bridgehead atoms. The van der Waals surface area contributed by atoms with Crippen molar-refractivity contribution in [1.29, 1.82) is 0 Å². The first-order chi connectivity index (χ1) is 20.1. The highest BCUT2D eigenvalue weighted by molar-refractivity contribution is 5.88. The molecule has 3 unspecified atom stereocenters. The number of carbonyl (C=O) groups excluding carboxylic acids is 1. The number of halogens is 2. The molecule has 7 nitrogen and oxygen atoms in total. The maximum atomic E-state index is 12.9. The number of likely N-dealkylation sites (tertiary alicyclic amines) is 1. The summed E-state index contributed by atoms with van der Waals surface area (Å²) >= 11 is 0. The third-order valence-corrected chi connectivity index (χ3v) is 8.44. The van der Waals surface area contributed by atoms with Crippen molar-refractivity contribution in [1.82, 2.24) is 5.32 Å². The van der Waals surface area contributed by atoms with Crippen LogP contribution in [0.15, 0.2) is 72.8 Å². The average molecular weight is 694 g/mol. The van der Waals surface area contributed by atoms with E-state index in [1.165, 1.54) is 0 Å². The first-order valence-corrected chi connectivity index (χ1v) is 15.4. The molecule has 3 atom stereocenters. The lowest BCUT2D eigenvalue weighted by Crippen LogP contribution is -3.00. The lowest BCUT2D eigenvalue weighted by atomic mass is 9.80. The standard InChI is InChI=1S/C19H28NO3.C16H21NO2.BrH.ClH/c1-20(2)13-12-17(14-20)23-18(21)19(22,16-10-6-7-11-16)15-8-4-3-5-9-15;1-12(2)17-10-14(18)11-19-16-9-5-7-13-6-3-4-8-15(13)16;;/h3-5,8-9,16-17,22H,6-7,10-14H2,1-2H3;3-9,12,14,17-18H,10-11H2,1-2H3;2*1H/q+1;;;/p-1. The Hall–Kier alpha value is -2.20. The molecule has 5 rings (SSSR count). The van der Waals surface area contributed by atoms with E-state index in [1.807, 2.05) is 60.7 Å². The zero-order valence-electron chi connectivity index (χ0n) is 26.5. The molecule has 2 aliphatic rings. The predicted molar refractivity (Wildman–Crippen MR) is 174 cm³/mol. The quantitative estimate of drug-likeness (QED) is 0.224. The molecule has 3 aromatic carbocycles. The second-order valence-electron chi connectivity index (χ2n) is 12.8. The van der Waals surface area contributed by atoms with Crippen molar-refractivity contribution in [3.63, 3.8) is 0 Å². The largest absolute Gasteiger partial charge is 1.00 e. The van der Waals surface area contributed by atoms with Crippen LogP contribution in [0.1, 0.15) is 51.5 Å². The van der Waals surface area contributed by atoms with Gasteiger partial charge in [0.1, 0.15) is 25.0 Å². The van der Waals surface area contributed by atoms with E-state index < -0.39 is 17.7 Å². The molecule has 0 amide bonds. The van der Waals surface area contributed by atoms with Crippen molar-refractivity contribution in [3.05, 3.63) is 78.4 Å². The van der Waals surface area contributed by atoms with Gasteiger partial charge in [-0.3, -0.25) is 0 Å². The first kappa shape index (κ1) is 38.0. The zero-order valence-corrected chi connectivity index (χ0v) is 28.9. The van der Waals surface area contributed by atoms with Crippen LogP contribution in [0.2, 0.25) is 0 Å². The van der Waals surface area contributed by atoms with E-state index in [9.17, 15) is 15.0 Å². The molecule has 244 valence electrons. The third-order valence-electron chi connectivity index (χ3n) is 8.44. The first-order valence-electron chi connectivity index (χ1n) is 15.4. The van der Waals surface area contributed by atoms with Gasteiger partial charge in [-0.15, -0.1) is 12.4 Å². The number of carbonyl (C=O) groups is 1. The van der Waals surface area contributed by atoms with E-state index in [-0.39, 0.29) is 41.4 Å². The maximum absolute atomic E-state index is 12.9. The van der Waals surface area contributed by atoms with Crippen LogP contribution in [-0.4, -0.2) is 79.3 Å². The number of benzene rings is 3. The second-order valence-corrected chi connectivity index (χ2v) is 12.8. The van der Waals surface area contributed by atoms with Crippen LogP contribution in [0.25, 0.3) is 10.8 Å². The Morgan fingerprint density at radius 1 is 0.977 bits per heavy atom. The highest BCUT2D eigenvalue weighted by atomic mass is 79.9. The van der Waals surface area contributed by atoms with Gasteiger partial charge in [0.25, 0.3) is 0 Å². The molecule has 2 fully saturated rings. The molecule has 1 aliphatic heterocycles. The molecular formula is C35H50BrClN2O5. The number of rotatable bonds is 10. The zero-order chi connectivity index (χ0) is 30.2. The predicted octanol–water partition coefficient (Wildman–Crippen LogP) is 2.46. The number of fused-ring (bicyclic) bond motifs is 1. The van der Waals surface area contributed by atoms with Gasteiger partial charge >= 0.3 is 5.97 Å². The Balaban J connectivity index is 0.000000299. The Labute approximate surface area is 279 Å². The summed E-state index contributed by atoms with van der Waals surface area (Å²) in [5, 5.41) is 26.6. The molecule has 0 radical (unpaired) electrons. The lowest BCUT2D eigenvalue weighted by molar-refractivity contribution is -0.879. The fourth-order valence-corrected chi connectivity index (χ4v) is 6.06. The van der Waals surface area contributed by atoms with Crippen LogP contribution < -0.4 is 27.0 Å². The van der Waals surface area contributed by atoms with E-state index in [2.05, 4.69) is 45.4 Å². The molecule has 1 aliphatic carbocycles. The van der Waals surface area contributed by atoms with Gasteiger partial charge in [-0.1, -0.05) is 93.4 Å². The molecule has 1 saturated heterocycles. The number of hydrogen-bond donors (Lipinski definition) is 3. The van der Waals surface area contributed by atoms with Gasteiger partial charge in [0.15, 0.2) is 11.7 Å². The second kappa shape index (κ2) is 17.5. The Bertz CT molecular complexity index is 1280. The number of esters is 1. The van der Waals surface area contributed by atoms with Crippen LogP contribution in [0.3, 0.4) is 0 Å². The summed E-state index contributed by atoms with van der Waals surface area (Å²) in [6.07, 6.45) is 4.18. The molecule has 1 saturated carbocycles. The van der Waals surface area contributed by atoms with Crippen LogP contribution in [0, 0.1) is 5.92 Å². The summed E-state index contributed by atoms with van der Waals surface area (Å²) in [6.45, 7) is 6.78. The number of nitrogens with zero attached hydrogens (tertiary/aromatic N) is 1. The highest BCUT2D eigenvalue weighted by Gasteiger charge is 2.49. The Morgan fingerprint density at radius 2 is 1.61 bits per heavy atom. The maximum Gasteiger partial charge on any atom is 0.343 e. The van der Waals surface area contributed by atoms with Crippen molar-refractivity contribution in [2.45, 2.75) is 69.8 Å². The fraction of sp³-hybridized carbons (Fsp3) is 0.514. The molecular weight excluding hydrogens is 644 g/mol. The van der Waals surface area contributed by atoms with Gasteiger partial charge in [-0.2, -0.15) is 0 Å². The minimum Gasteiger partial charge on any atom is -1.00 e. The number of likely N-dealkylation sites (N-methyl/N-ethyl adjacent to an activating group) is 1. The molecule has 44 heavy (non-hydrogen) atoms. The number of ether oxygens (including phenoxy) is 2. The Kier molecular flexibility index (Phi) is 15.1. The number of aliphatic hydroxyl groups is 2. The van der Waals surface area contributed by atoms with Crippen LogP contribution >= 0.6 is 12.4 Å². The molecule has 1 heterocycles. The van der Waals surface area contributed by atoms with Crippen molar-refractivity contribution in [2.24, 2.45) is 5.92 Å². The SMILES string of the molecule is CC(C)NCC(O)COc1cccc2ccccc12.C[N+]1(C)CCC(OC(=O)C(O)(c2ccccc2)C2CCCC2)C1.Cl.[Br-]. The van der Waals surface area contributed by atoms with Crippen molar-refractivity contribution < 1.29 is 45.9 Å². The van der Waals surface area contributed by atoms with Crippen LogP contribution in [0.5, 0.6) is 5.75 Å². The smallest absolute Gasteiger partial charge is 0.343 e. The summed E-state index contributed by atoms with van der Waals surface area (Å²) in [5.74, 6) is 0.325. The number of aliphatic hydroxyl groups excluding tert-OH is 1. The molecule has 9 heteroatoms. The minimum absolute atomic E-state index is 0. The van der Waals surface area contributed by atoms with Gasteiger partial charge < -0.3 is 46.5 Å². The number of nitrogens with one attached hydrogen (secondary N) is 1. The van der Waals surface area contributed by atoms with E-state index in [0.717, 1.165) is 66.2 Å². The van der Waals surface area contributed by atoms with Gasteiger partial charge in [0, 0.05) is 30.3 Å². The van der Waals surface area contributed by atoms with E-state index >= 15 is 0 Å². The topological polar surface area (TPSA) is 88.0 Å². The van der Waals surface area contributed by atoms with Crippen LogP contribution in [-0.2, 0) is 15.1 Å². The highest BCUT2D eigenvalue weighted by Crippen LogP contribution is 2.42. The summed E-state index contributed by atoms with van der Waals surface area (Å²) in [5.41, 5.74) is -0.832.